The van der Waals surface area contributed by atoms with E-state index in [0.717, 1.165) is 49.8 Å². The lowest BCUT2D eigenvalue weighted by Crippen LogP contribution is -2.19. The van der Waals surface area contributed by atoms with Crippen LogP contribution in [-0.4, -0.2) is 22.4 Å². The summed E-state index contributed by atoms with van der Waals surface area (Å²) in [5.41, 5.74) is 13.2. The van der Waals surface area contributed by atoms with Crippen molar-refractivity contribution in [2.24, 2.45) is 0 Å². The minimum absolute atomic E-state index is 0.112. The van der Waals surface area contributed by atoms with Crippen molar-refractivity contribution >= 4 is 5.69 Å². The molecule has 0 saturated heterocycles. The second-order valence-electron chi connectivity index (χ2n) is 6.99. The van der Waals surface area contributed by atoms with Gasteiger partial charge in [0.25, 0.3) is 0 Å². The van der Waals surface area contributed by atoms with E-state index in [4.69, 9.17) is 5.73 Å². The Hall–Kier alpha value is -1.84. The quantitative estimate of drug-likeness (QED) is 0.652. The Balaban J connectivity index is 0.000000141. The van der Waals surface area contributed by atoms with Crippen molar-refractivity contribution in [3.8, 4) is 0 Å². The molecule has 0 heterocycles. The Kier molecular flexibility index (Phi) is 5.22. The van der Waals surface area contributed by atoms with Crippen LogP contribution in [0.1, 0.15) is 40.7 Å². The molecule has 0 fully saturated rings. The summed E-state index contributed by atoms with van der Waals surface area (Å²) in [7, 11) is 0. The van der Waals surface area contributed by atoms with Gasteiger partial charge in [0.2, 0.25) is 0 Å². The molecule has 3 heteroatoms. The molecule has 2 atom stereocenters. The highest BCUT2D eigenvalue weighted by Gasteiger charge is 2.18. The molecule has 0 unspecified atom stereocenters. The van der Waals surface area contributed by atoms with E-state index in [9.17, 15) is 10.2 Å². The maximum Gasteiger partial charge on any atom is 0.0584 e. The van der Waals surface area contributed by atoms with E-state index in [1.54, 1.807) is 0 Å². The molecule has 4 N–H and O–H groups in total. The zero-order valence-electron chi connectivity index (χ0n) is 14.3. The Bertz CT molecular complexity index is 649. The summed E-state index contributed by atoms with van der Waals surface area (Å²) < 4.78 is 0. The molecule has 2 aromatic carbocycles. The van der Waals surface area contributed by atoms with Gasteiger partial charge < -0.3 is 15.9 Å². The van der Waals surface area contributed by atoms with Gasteiger partial charge in [-0.1, -0.05) is 30.3 Å². The topological polar surface area (TPSA) is 66.5 Å². The summed E-state index contributed by atoms with van der Waals surface area (Å²) in [5.74, 6) is 0. The van der Waals surface area contributed by atoms with Crippen molar-refractivity contribution in [2.75, 3.05) is 5.73 Å². The molecule has 24 heavy (non-hydrogen) atoms. The summed E-state index contributed by atoms with van der Waals surface area (Å²) in [5, 5.41) is 18.9. The van der Waals surface area contributed by atoms with E-state index >= 15 is 0 Å². The molecular weight excluding hydrogens is 298 g/mol. The third-order valence-corrected chi connectivity index (χ3v) is 5.19. The number of nitrogens with two attached hydrogens (primary N) is 1. The predicted molar refractivity (Wildman–Crippen MR) is 98.1 cm³/mol. The number of aryl methyl sites for hydroxylation is 3. The Morgan fingerprint density at radius 3 is 2.04 bits per heavy atom. The van der Waals surface area contributed by atoms with Gasteiger partial charge in [-0.15, -0.1) is 0 Å². The molecule has 2 aliphatic rings. The van der Waals surface area contributed by atoms with Gasteiger partial charge in [-0.25, -0.2) is 0 Å². The van der Waals surface area contributed by atoms with E-state index in [1.165, 1.54) is 22.3 Å². The Morgan fingerprint density at radius 2 is 1.38 bits per heavy atom. The fourth-order valence-electron chi connectivity index (χ4n) is 3.75. The molecule has 0 amide bonds. The van der Waals surface area contributed by atoms with Crippen LogP contribution in [0, 0.1) is 6.92 Å². The van der Waals surface area contributed by atoms with Crippen LogP contribution >= 0.6 is 0 Å². The smallest absolute Gasteiger partial charge is 0.0584 e. The van der Waals surface area contributed by atoms with Gasteiger partial charge in [-0.2, -0.15) is 0 Å². The largest absolute Gasteiger partial charge is 0.398 e. The van der Waals surface area contributed by atoms with E-state index in [-0.39, 0.29) is 12.2 Å². The van der Waals surface area contributed by atoms with Crippen molar-refractivity contribution in [3.63, 3.8) is 0 Å². The highest BCUT2D eigenvalue weighted by molar-refractivity contribution is 5.52. The van der Waals surface area contributed by atoms with E-state index < -0.39 is 0 Å². The molecule has 0 saturated carbocycles. The summed E-state index contributed by atoms with van der Waals surface area (Å²) in [4.78, 5) is 0. The predicted octanol–water partition coefficient (Wildman–Crippen LogP) is 2.96. The van der Waals surface area contributed by atoms with Crippen LogP contribution in [-0.2, 0) is 25.7 Å². The minimum Gasteiger partial charge on any atom is -0.398 e. The van der Waals surface area contributed by atoms with Crippen LogP contribution in [0.4, 0.5) is 5.69 Å². The van der Waals surface area contributed by atoms with Gasteiger partial charge >= 0.3 is 0 Å². The third kappa shape index (κ3) is 3.80. The first-order valence-corrected chi connectivity index (χ1v) is 8.84. The number of fused-ring (bicyclic) bond motifs is 2. The molecule has 2 aromatic rings. The number of rotatable bonds is 0. The average molecular weight is 325 g/mol. The van der Waals surface area contributed by atoms with Crippen LogP contribution in [0.2, 0.25) is 0 Å². The molecule has 0 bridgehead atoms. The van der Waals surface area contributed by atoms with Gasteiger partial charge in [-0.05, 0) is 72.9 Å². The van der Waals surface area contributed by atoms with Crippen LogP contribution in [0.15, 0.2) is 36.4 Å². The summed E-state index contributed by atoms with van der Waals surface area (Å²) in [6.45, 7) is 2.12. The van der Waals surface area contributed by atoms with Gasteiger partial charge in [0.05, 0.1) is 12.2 Å². The van der Waals surface area contributed by atoms with Crippen molar-refractivity contribution < 1.29 is 10.2 Å². The molecule has 0 radical (unpaired) electrons. The molecule has 4 rings (SSSR count). The van der Waals surface area contributed by atoms with E-state index in [2.05, 4.69) is 31.2 Å². The molecule has 2 aliphatic carbocycles. The third-order valence-electron chi connectivity index (χ3n) is 5.19. The molecule has 0 spiro atoms. The first-order valence-electron chi connectivity index (χ1n) is 8.84. The Labute approximate surface area is 144 Å². The first kappa shape index (κ1) is 17.0. The normalized spacial score (nSPS) is 22.0. The monoisotopic (exact) mass is 325 g/mol. The van der Waals surface area contributed by atoms with Gasteiger partial charge in [0.1, 0.15) is 0 Å². The summed E-state index contributed by atoms with van der Waals surface area (Å²) >= 11 is 0. The molecule has 0 aliphatic heterocycles. The van der Waals surface area contributed by atoms with Crippen molar-refractivity contribution in [2.45, 2.75) is 57.7 Å². The minimum atomic E-state index is -0.192. The van der Waals surface area contributed by atoms with Crippen LogP contribution in [0.3, 0.4) is 0 Å². The zero-order valence-corrected chi connectivity index (χ0v) is 14.3. The number of hydrogen-bond donors (Lipinski definition) is 3. The van der Waals surface area contributed by atoms with Gasteiger partial charge in [0, 0.05) is 12.1 Å². The maximum atomic E-state index is 9.48. The number of hydrogen-bond acceptors (Lipinski definition) is 3. The fourth-order valence-corrected chi connectivity index (χ4v) is 3.75. The van der Waals surface area contributed by atoms with Crippen LogP contribution < -0.4 is 5.73 Å². The highest BCUT2D eigenvalue weighted by Crippen LogP contribution is 2.26. The van der Waals surface area contributed by atoms with Crippen LogP contribution in [0.25, 0.3) is 0 Å². The first-order chi connectivity index (χ1) is 11.5. The van der Waals surface area contributed by atoms with Crippen molar-refractivity contribution in [1.29, 1.82) is 0 Å². The number of nitrogen functional groups attached to an aromatic ring is 1. The van der Waals surface area contributed by atoms with Crippen LogP contribution in [0.5, 0.6) is 0 Å². The zero-order chi connectivity index (χ0) is 17.1. The lowest BCUT2D eigenvalue weighted by molar-refractivity contribution is 0.158. The second kappa shape index (κ2) is 7.37. The molecule has 128 valence electrons. The van der Waals surface area contributed by atoms with Crippen molar-refractivity contribution in [1.82, 2.24) is 0 Å². The standard InChI is InChI=1S/C11H14O.C10H13NO/c1-8-3-2-4-9-5-6-10(12)7-11(8)9;11-10-3-1-2-7-4-5-8(12)6-9(7)10/h2-4,10,12H,5-7H2,1H3;1-3,8,12H,4-6,11H2/t10-;8-/m11/s1. The summed E-state index contributed by atoms with van der Waals surface area (Å²) in [6, 6.07) is 12.4. The molecule has 3 nitrogen and oxygen atoms in total. The maximum absolute atomic E-state index is 9.48. The fraction of sp³-hybridized carbons (Fsp3) is 0.429. The highest BCUT2D eigenvalue weighted by atomic mass is 16.3. The number of anilines is 1. The Morgan fingerprint density at radius 1 is 0.833 bits per heavy atom. The average Bonchev–Trinajstić information content (AvgIpc) is 2.57. The SMILES string of the molecule is Cc1cccc2c1C[C@H](O)CC2.Nc1cccc2c1C[C@H](O)CC2. The number of aliphatic hydroxyl groups is 2. The lowest BCUT2D eigenvalue weighted by Gasteiger charge is -2.21. The number of benzene rings is 2. The van der Waals surface area contributed by atoms with E-state index in [1.807, 2.05) is 12.1 Å². The summed E-state index contributed by atoms with van der Waals surface area (Å²) in [6.07, 6.45) is 5.07. The molecule has 0 aromatic heterocycles. The lowest BCUT2D eigenvalue weighted by atomic mass is 9.87. The van der Waals surface area contributed by atoms with E-state index in [0.29, 0.717) is 0 Å². The van der Waals surface area contributed by atoms with Gasteiger partial charge in [0.15, 0.2) is 0 Å². The second-order valence-corrected chi connectivity index (χ2v) is 6.99. The van der Waals surface area contributed by atoms with Crippen molar-refractivity contribution in [3.05, 3.63) is 64.2 Å². The molecular formula is C21H27NO2. The van der Waals surface area contributed by atoms with Gasteiger partial charge in [-0.3, -0.25) is 0 Å². The number of aliphatic hydroxyl groups excluding tert-OH is 2.